The molecule has 0 bridgehead atoms. The molecule has 2 rings (SSSR count). The molecule has 2 aromatic rings. The monoisotopic (exact) mass is 214 g/mol. The van der Waals surface area contributed by atoms with Gasteiger partial charge in [-0.15, -0.1) is 0 Å². The fourth-order valence-electron chi connectivity index (χ4n) is 1.09. The number of nitrogens with one attached hydrogen (secondary N) is 1. The van der Waals surface area contributed by atoms with E-state index in [1.165, 1.54) is 11.8 Å². The predicted molar refractivity (Wildman–Crippen MR) is 53.2 cm³/mol. The molecule has 0 radical (unpaired) electrons. The van der Waals surface area contributed by atoms with Gasteiger partial charge in [0.1, 0.15) is 5.15 Å². The van der Waals surface area contributed by atoms with Crippen molar-refractivity contribution in [2.45, 2.75) is 12.1 Å². The quantitative estimate of drug-likeness (QED) is 0.449. The van der Waals surface area contributed by atoms with Crippen molar-refractivity contribution in [3.05, 3.63) is 10.8 Å². The van der Waals surface area contributed by atoms with E-state index >= 15 is 0 Å². The smallest absolute Gasteiger partial charge is 0.190 e. The van der Waals surface area contributed by atoms with Crippen molar-refractivity contribution < 1.29 is 0 Å². The summed E-state index contributed by atoms with van der Waals surface area (Å²) in [5.41, 5.74) is 1.52. The lowest BCUT2D eigenvalue weighted by atomic mass is 10.3. The highest BCUT2D eigenvalue weighted by molar-refractivity contribution is 7.98. The van der Waals surface area contributed by atoms with Crippen molar-refractivity contribution in [2.75, 3.05) is 6.26 Å². The van der Waals surface area contributed by atoms with E-state index in [9.17, 15) is 0 Å². The van der Waals surface area contributed by atoms with Crippen molar-refractivity contribution in [3.63, 3.8) is 0 Å². The van der Waals surface area contributed by atoms with Crippen molar-refractivity contribution in [1.29, 1.82) is 0 Å². The first kappa shape index (κ1) is 8.77. The van der Waals surface area contributed by atoms with Crippen LogP contribution in [-0.2, 0) is 0 Å². The highest BCUT2D eigenvalue weighted by Gasteiger charge is 2.10. The molecular weight excluding hydrogens is 208 g/mol. The molecule has 4 nitrogen and oxygen atoms in total. The Balaban J connectivity index is 2.79. The summed E-state index contributed by atoms with van der Waals surface area (Å²) in [7, 11) is 0. The van der Waals surface area contributed by atoms with E-state index in [4.69, 9.17) is 11.6 Å². The molecule has 0 spiro atoms. The van der Waals surface area contributed by atoms with Gasteiger partial charge in [-0.05, 0) is 13.2 Å². The number of fused-ring (bicyclic) bond motifs is 1. The van der Waals surface area contributed by atoms with Gasteiger partial charge in [0.05, 0.1) is 5.39 Å². The molecule has 0 fully saturated rings. The summed E-state index contributed by atoms with van der Waals surface area (Å²) >= 11 is 7.41. The average molecular weight is 215 g/mol. The number of rotatable bonds is 1. The van der Waals surface area contributed by atoms with Crippen molar-refractivity contribution in [2.24, 2.45) is 0 Å². The summed E-state index contributed by atoms with van der Waals surface area (Å²) in [6, 6.07) is 0. The summed E-state index contributed by atoms with van der Waals surface area (Å²) in [6.45, 7) is 1.89. The Kier molecular flexibility index (Phi) is 2.13. The van der Waals surface area contributed by atoms with E-state index < -0.39 is 0 Å². The average Bonchev–Trinajstić information content (AvgIpc) is 2.48. The van der Waals surface area contributed by atoms with E-state index in [2.05, 4.69) is 20.2 Å². The number of hydrogen-bond acceptors (Lipinski definition) is 4. The Bertz CT molecular complexity index is 453. The highest BCUT2D eigenvalue weighted by Crippen LogP contribution is 2.23. The van der Waals surface area contributed by atoms with Crippen LogP contribution < -0.4 is 0 Å². The molecule has 2 aromatic heterocycles. The molecule has 0 aliphatic carbocycles. The van der Waals surface area contributed by atoms with Crippen LogP contribution in [0.15, 0.2) is 5.16 Å². The molecule has 0 aliphatic heterocycles. The van der Waals surface area contributed by atoms with E-state index in [1.807, 2.05) is 13.2 Å². The van der Waals surface area contributed by atoms with Gasteiger partial charge in [-0.2, -0.15) is 5.10 Å². The normalized spacial score (nSPS) is 11.0. The lowest BCUT2D eigenvalue weighted by molar-refractivity contribution is 0.982. The van der Waals surface area contributed by atoms with Crippen LogP contribution >= 0.6 is 23.4 Å². The molecule has 0 unspecified atom stereocenters. The maximum Gasteiger partial charge on any atom is 0.190 e. The van der Waals surface area contributed by atoms with E-state index in [0.717, 1.165) is 11.1 Å². The molecule has 0 saturated heterocycles. The lowest BCUT2D eigenvalue weighted by Crippen LogP contribution is -1.88. The number of hydrogen-bond donors (Lipinski definition) is 1. The van der Waals surface area contributed by atoms with Gasteiger partial charge in [0.2, 0.25) is 0 Å². The largest absolute Gasteiger partial charge is 0.280 e. The Morgan fingerprint density at radius 1 is 1.38 bits per heavy atom. The summed E-state index contributed by atoms with van der Waals surface area (Å²) in [6.07, 6.45) is 1.90. The van der Waals surface area contributed by atoms with E-state index in [1.54, 1.807) is 0 Å². The lowest BCUT2D eigenvalue weighted by Gasteiger charge is -1.96. The number of thioether (sulfide) groups is 1. The number of aromatic amines is 1. The molecule has 0 amide bonds. The molecule has 0 aliphatic rings. The van der Waals surface area contributed by atoms with Gasteiger partial charge < -0.3 is 0 Å². The Labute approximate surface area is 84.1 Å². The number of halogens is 1. The van der Waals surface area contributed by atoms with E-state index in [-0.39, 0.29) is 0 Å². The third kappa shape index (κ3) is 1.38. The van der Waals surface area contributed by atoms with Crippen LogP contribution in [-0.4, -0.2) is 26.4 Å². The first-order valence-electron chi connectivity index (χ1n) is 3.64. The summed E-state index contributed by atoms with van der Waals surface area (Å²) in [5.74, 6) is 0. The first-order chi connectivity index (χ1) is 6.22. The first-order valence-corrected chi connectivity index (χ1v) is 5.25. The second-order valence-corrected chi connectivity index (χ2v) is 3.68. The Hall–Kier alpha value is -0.810. The van der Waals surface area contributed by atoms with Crippen molar-refractivity contribution >= 4 is 34.4 Å². The fourth-order valence-corrected chi connectivity index (χ4v) is 1.81. The van der Waals surface area contributed by atoms with Gasteiger partial charge in [-0.3, -0.25) is 5.10 Å². The fraction of sp³-hybridized carbons (Fsp3) is 0.286. The third-order valence-electron chi connectivity index (χ3n) is 1.71. The topological polar surface area (TPSA) is 54.5 Å². The van der Waals surface area contributed by atoms with Crippen LogP contribution in [0.2, 0.25) is 5.15 Å². The number of nitrogens with zero attached hydrogens (tertiary/aromatic N) is 3. The molecule has 1 N–H and O–H groups in total. The summed E-state index contributed by atoms with van der Waals surface area (Å²) < 4.78 is 0. The van der Waals surface area contributed by atoms with Gasteiger partial charge in [-0.1, -0.05) is 23.4 Å². The third-order valence-corrected chi connectivity index (χ3v) is 2.53. The molecule has 68 valence electrons. The molecular formula is C7H7ClN4S. The maximum atomic E-state index is 5.96. The standard InChI is InChI=1S/C7H7ClN4S/c1-3-4-5(8)9-7(13-2)10-6(4)12-11-3/h1-2H3,(H,9,10,11,12). The molecule has 0 saturated carbocycles. The summed E-state index contributed by atoms with van der Waals surface area (Å²) in [5, 5.41) is 8.74. The molecule has 0 atom stereocenters. The van der Waals surface area contributed by atoms with Crippen LogP contribution in [0.1, 0.15) is 5.69 Å². The molecule has 0 aromatic carbocycles. The second-order valence-electron chi connectivity index (χ2n) is 2.55. The number of aromatic nitrogens is 4. The second kappa shape index (κ2) is 3.16. The van der Waals surface area contributed by atoms with Crippen LogP contribution in [0.3, 0.4) is 0 Å². The van der Waals surface area contributed by atoms with Crippen LogP contribution in [0.4, 0.5) is 0 Å². The Morgan fingerprint density at radius 3 is 2.85 bits per heavy atom. The van der Waals surface area contributed by atoms with Crippen LogP contribution in [0.25, 0.3) is 11.0 Å². The van der Waals surface area contributed by atoms with Gasteiger partial charge >= 0.3 is 0 Å². The molecule has 13 heavy (non-hydrogen) atoms. The van der Waals surface area contributed by atoms with Gasteiger partial charge in [-0.25, -0.2) is 9.97 Å². The van der Waals surface area contributed by atoms with Gasteiger partial charge in [0, 0.05) is 5.69 Å². The van der Waals surface area contributed by atoms with Crippen LogP contribution in [0, 0.1) is 6.92 Å². The van der Waals surface area contributed by atoms with Crippen molar-refractivity contribution in [3.8, 4) is 0 Å². The number of H-pyrrole nitrogens is 1. The van der Waals surface area contributed by atoms with E-state index in [0.29, 0.717) is 16.0 Å². The molecule has 2 heterocycles. The minimum Gasteiger partial charge on any atom is -0.280 e. The zero-order chi connectivity index (χ0) is 9.42. The highest BCUT2D eigenvalue weighted by atomic mass is 35.5. The van der Waals surface area contributed by atoms with Gasteiger partial charge in [0.25, 0.3) is 0 Å². The van der Waals surface area contributed by atoms with Crippen LogP contribution in [0.5, 0.6) is 0 Å². The molecule has 6 heteroatoms. The van der Waals surface area contributed by atoms with Crippen molar-refractivity contribution in [1.82, 2.24) is 20.2 Å². The summed E-state index contributed by atoms with van der Waals surface area (Å²) in [4.78, 5) is 8.31. The predicted octanol–water partition coefficient (Wildman–Crippen LogP) is 2.04. The number of aryl methyl sites for hydroxylation is 1. The van der Waals surface area contributed by atoms with Gasteiger partial charge in [0.15, 0.2) is 10.8 Å². The zero-order valence-electron chi connectivity index (χ0n) is 7.13. The minimum absolute atomic E-state index is 0.459. The SMILES string of the molecule is CSc1nc(Cl)c2c(C)[nH]nc2n1. The zero-order valence-corrected chi connectivity index (χ0v) is 8.70. The maximum absolute atomic E-state index is 5.96. The minimum atomic E-state index is 0.459. The Morgan fingerprint density at radius 2 is 2.15 bits per heavy atom.